The molecule has 0 amide bonds. The Morgan fingerprint density at radius 2 is 0.787 bits per heavy atom. The second-order valence-electron chi connectivity index (χ2n) is 11.2. The Kier molecular flexibility index (Phi) is 7.20. The van der Waals surface area contributed by atoms with Crippen molar-refractivity contribution in [1.29, 1.82) is 0 Å². The highest BCUT2D eigenvalue weighted by Crippen LogP contribution is 2.55. The van der Waals surface area contributed by atoms with Crippen LogP contribution in [0.4, 0.5) is 0 Å². The van der Waals surface area contributed by atoms with Gasteiger partial charge in [0.05, 0.1) is 29.0 Å². The summed E-state index contributed by atoms with van der Waals surface area (Å²) < 4.78 is 0. The van der Waals surface area contributed by atoms with Crippen molar-refractivity contribution in [3.8, 4) is 0 Å². The van der Waals surface area contributed by atoms with Gasteiger partial charge in [-0.3, -0.25) is 9.97 Å². The fraction of sp³-hybridized carbons (Fsp3) is 0.0500. The Hall–Kier alpha value is -5.85. The fourth-order valence-corrected chi connectivity index (χ4v) is 6.50. The van der Waals surface area contributed by atoms with Crippen molar-refractivity contribution < 1.29 is 0 Å². The van der Waals surface area contributed by atoms with Crippen LogP contribution in [-0.2, 0) is 11.3 Å². The summed E-state index contributed by atoms with van der Waals surface area (Å²) in [7, 11) is 0. The summed E-state index contributed by atoms with van der Waals surface area (Å²) in [5.41, 5.74) is 4.58. The highest BCUT2D eigenvalue weighted by atomic mass is 35.5. The molecule has 2 aliphatic rings. The largest absolute Gasteiger partial charge is 0.261 e. The molecule has 0 saturated carbocycles. The predicted octanol–water partition coefficient (Wildman–Crippen LogP) is 8.12. The summed E-state index contributed by atoms with van der Waals surface area (Å²) in [5, 5.41) is 0.491. The van der Waals surface area contributed by atoms with Crippen LogP contribution < -0.4 is 0 Å². The molecule has 7 heteroatoms. The third-order valence-corrected chi connectivity index (χ3v) is 8.72. The Morgan fingerprint density at radius 3 is 1.17 bits per heavy atom. The summed E-state index contributed by atoms with van der Waals surface area (Å²) >= 11 is 7.14. The Balaban J connectivity index is 1.54. The molecule has 6 nitrogen and oxygen atoms in total. The van der Waals surface area contributed by atoms with E-state index in [1.165, 1.54) is 0 Å². The SMILES string of the molecule is Clc1ccccc1C1(C2(c3cnccn3)N=C(c3ccccc3)C(c3ccccc3)=N2)N=C(c2ccccc2)C(c2ccccc2)=N1. The third-order valence-electron chi connectivity index (χ3n) is 8.39. The molecular formula is C40H27ClN6. The van der Waals surface area contributed by atoms with Crippen molar-refractivity contribution in [1.82, 2.24) is 9.97 Å². The molecule has 0 atom stereocenters. The minimum absolute atomic E-state index is 0.491. The lowest BCUT2D eigenvalue weighted by molar-refractivity contribution is 0.250. The summed E-state index contributed by atoms with van der Waals surface area (Å²) in [6.45, 7) is 0. The minimum Gasteiger partial charge on any atom is -0.261 e. The van der Waals surface area contributed by atoms with Gasteiger partial charge in [0.2, 0.25) is 11.3 Å². The molecule has 6 aromatic rings. The number of hydrogen-bond acceptors (Lipinski definition) is 6. The van der Waals surface area contributed by atoms with Gasteiger partial charge in [0.1, 0.15) is 5.69 Å². The first kappa shape index (κ1) is 28.6. The van der Waals surface area contributed by atoms with Crippen molar-refractivity contribution in [3.05, 3.63) is 203 Å². The molecule has 0 saturated heterocycles. The average Bonchev–Trinajstić information content (AvgIpc) is 3.76. The number of halogens is 1. The zero-order valence-electron chi connectivity index (χ0n) is 25.1. The smallest absolute Gasteiger partial charge is 0.245 e. The topological polar surface area (TPSA) is 75.2 Å². The summed E-state index contributed by atoms with van der Waals surface area (Å²) in [6, 6.07) is 48.0. The standard InChI is InChI=1S/C40H27ClN6/c41-33-24-14-13-23-32(33)39(44-35(28-15-5-1-6-16-28)36(45-39)29-17-7-2-8-18-29)40(34-27-42-25-26-43-34)46-37(30-19-9-3-10-20-30)38(47-40)31-21-11-4-12-22-31/h1-27H. The maximum atomic E-state index is 7.14. The van der Waals surface area contributed by atoms with E-state index in [2.05, 4.69) is 4.98 Å². The second kappa shape index (κ2) is 11.8. The van der Waals surface area contributed by atoms with Crippen LogP contribution in [-0.4, -0.2) is 32.8 Å². The number of rotatable bonds is 7. The molecule has 0 bridgehead atoms. The first-order valence-corrected chi connectivity index (χ1v) is 15.7. The lowest BCUT2D eigenvalue weighted by atomic mass is 9.84. The van der Waals surface area contributed by atoms with Gasteiger partial charge in [-0.25, -0.2) is 20.0 Å². The van der Waals surface area contributed by atoms with Crippen molar-refractivity contribution in [3.63, 3.8) is 0 Å². The van der Waals surface area contributed by atoms with E-state index >= 15 is 0 Å². The van der Waals surface area contributed by atoms with E-state index < -0.39 is 11.3 Å². The predicted molar refractivity (Wildman–Crippen MR) is 189 cm³/mol. The van der Waals surface area contributed by atoms with Crippen LogP contribution in [0.15, 0.2) is 184 Å². The molecule has 8 rings (SSSR count). The number of hydrogen-bond donors (Lipinski definition) is 0. The summed E-state index contributed by atoms with van der Waals surface area (Å²) in [5.74, 6) is 0. The first-order valence-electron chi connectivity index (χ1n) is 15.3. The maximum Gasteiger partial charge on any atom is 0.245 e. The van der Waals surface area contributed by atoms with Crippen LogP contribution in [0.2, 0.25) is 5.02 Å². The van der Waals surface area contributed by atoms with Crippen LogP contribution in [0.3, 0.4) is 0 Å². The van der Waals surface area contributed by atoms with Gasteiger partial charge in [-0.05, 0) is 6.07 Å². The quantitative estimate of drug-likeness (QED) is 0.179. The van der Waals surface area contributed by atoms with Crippen LogP contribution in [0.1, 0.15) is 33.5 Å². The molecule has 0 aliphatic carbocycles. The Labute approximate surface area is 277 Å². The van der Waals surface area contributed by atoms with Gasteiger partial charge < -0.3 is 0 Å². The van der Waals surface area contributed by atoms with Gasteiger partial charge in [0, 0.05) is 45.2 Å². The van der Waals surface area contributed by atoms with Crippen LogP contribution >= 0.6 is 11.6 Å². The monoisotopic (exact) mass is 626 g/mol. The highest BCUT2D eigenvalue weighted by Gasteiger charge is 2.62. The van der Waals surface area contributed by atoms with E-state index in [9.17, 15) is 0 Å². The molecule has 47 heavy (non-hydrogen) atoms. The van der Waals surface area contributed by atoms with E-state index in [0.717, 1.165) is 22.3 Å². The summed E-state index contributed by atoms with van der Waals surface area (Å²) in [4.78, 5) is 31.8. The van der Waals surface area contributed by atoms with Crippen LogP contribution in [0.5, 0.6) is 0 Å². The van der Waals surface area contributed by atoms with Gasteiger partial charge in [0.15, 0.2) is 0 Å². The normalized spacial score (nSPS) is 16.2. The number of aromatic nitrogens is 2. The number of nitrogens with zero attached hydrogens (tertiary/aromatic N) is 6. The average molecular weight is 627 g/mol. The highest BCUT2D eigenvalue weighted by molar-refractivity contribution is 6.56. The van der Waals surface area contributed by atoms with Gasteiger partial charge in [0.25, 0.3) is 0 Å². The molecule has 2 aliphatic heterocycles. The second-order valence-corrected chi connectivity index (χ2v) is 11.6. The van der Waals surface area contributed by atoms with Crippen molar-refractivity contribution >= 4 is 34.4 Å². The van der Waals surface area contributed by atoms with E-state index in [1.54, 1.807) is 18.6 Å². The molecule has 0 radical (unpaired) electrons. The molecule has 0 fully saturated rings. The van der Waals surface area contributed by atoms with Crippen molar-refractivity contribution in [2.45, 2.75) is 11.3 Å². The number of benzene rings is 5. The van der Waals surface area contributed by atoms with Crippen molar-refractivity contribution in [2.75, 3.05) is 0 Å². The van der Waals surface area contributed by atoms with Gasteiger partial charge in [-0.2, -0.15) is 0 Å². The molecule has 0 spiro atoms. The van der Waals surface area contributed by atoms with Crippen LogP contribution in [0.25, 0.3) is 0 Å². The van der Waals surface area contributed by atoms with Gasteiger partial charge in [-0.1, -0.05) is 151 Å². The van der Waals surface area contributed by atoms with E-state index in [-0.39, 0.29) is 0 Å². The zero-order chi connectivity index (χ0) is 31.7. The van der Waals surface area contributed by atoms with E-state index in [0.29, 0.717) is 39.1 Å². The summed E-state index contributed by atoms with van der Waals surface area (Å²) in [6.07, 6.45) is 5.00. The molecule has 224 valence electrons. The van der Waals surface area contributed by atoms with E-state index in [4.69, 9.17) is 36.6 Å². The molecule has 5 aromatic carbocycles. The lowest BCUT2D eigenvalue weighted by Gasteiger charge is -2.37. The zero-order valence-corrected chi connectivity index (χ0v) is 25.9. The lowest BCUT2D eigenvalue weighted by Crippen LogP contribution is -2.44. The van der Waals surface area contributed by atoms with Crippen LogP contribution in [0, 0.1) is 0 Å². The Morgan fingerprint density at radius 1 is 0.404 bits per heavy atom. The molecule has 0 unspecified atom stereocenters. The molecule has 3 heterocycles. The Bertz CT molecular complexity index is 2070. The van der Waals surface area contributed by atoms with Crippen molar-refractivity contribution in [2.24, 2.45) is 20.0 Å². The molecule has 1 aromatic heterocycles. The molecular weight excluding hydrogens is 600 g/mol. The third kappa shape index (κ3) is 4.82. The first-order chi connectivity index (χ1) is 23.2. The van der Waals surface area contributed by atoms with Gasteiger partial charge >= 0.3 is 0 Å². The van der Waals surface area contributed by atoms with Gasteiger partial charge in [-0.15, -0.1) is 0 Å². The molecule has 0 N–H and O–H groups in total. The minimum atomic E-state index is -1.53. The number of aliphatic imine (C=N–C) groups is 4. The maximum absolute atomic E-state index is 7.14. The van der Waals surface area contributed by atoms with E-state index in [1.807, 2.05) is 146 Å². The fourth-order valence-electron chi connectivity index (χ4n) is 6.23.